The van der Waals surface area contributed by atoms with Crippen LogP contribution in [0.15, 0.2) is 146 Å². The summed E-state index contributed by atoms with van der Waals surface area (Å²) in [5.74, 6) is -1.09. The fourth-order valence-electron chi connectivity index (χ4n) is 6.04. The maximum absolute atomic E-state index is 12.8. The van der Waals surface area contributed by atoms with E-state index in [2.05, 4.69) is 99.8 Å². The van der Waals surface area contributed by atoms with Gasteiger partial charge in [0.15, 0.2) is 6.10 Å². The molecule has 0 aromatic carbocycles. The Morgan fingerprint density at radius 2 is 0.719 bits per heavy atom. The van der Waals surface area contributed by atoms with Crippen molar-refractivity contribution >= 4 is 17.9 Å². The van der Waals surface area contributed by atoms with E-state index in [0.717, 1.165) is 83.5 Å². The molecule has 0 aliphatic rings. The van der Waals surface area contributed by atoms with Crippen LogP contribution in [0.5, 0.6) is 0 Å². The molecule has 0 fully saturated rings. The fourth-order valence-corrected chi connectivity index (χ4v) is 6.04. The number of rotatable bonds is 42. The van der Waals surface area contributed by atoms with Gasteiger partial charge in [-0.1, -0.05) is 212 Å². The van der Waals surface area contributed by atoms with Crippen molar-refractivity contribution in [2.75, 3.05) is 13.2 Å². The highest BCUT2D eigenvalue weighted by molar-refractivity contribution is 5.71. The Labute approximate surface area is 391 Å². The zero-order valence-corrected chi connectivity index (χ0v) is 40.5. The minimum absolute atomic E-state index is 0.138. The predicted molar refractivity (Wildman–Crippen MR) is 274 cm³/mol. The van der Waals surface area contributed by atoms with Crippen LogP contribution in [-0.2, 0) is 28.6 Å². The van der Waals surface area contributed by atoms with Crippen molar-refractivity contribution < 1.29 is 28.6 Å². The second-order valence-electron chi connectivity index (χ2n) is 15.8. The molecule has 0 aromatic heterocycles. The van der Waals surface area contributed by atoms with Gasteiger partial charge >= 0.3 is 17.9 Å². The van der Waals surface area contributed by atoms with Gasteiger partial charge in [-0.05, 0) is 96.3 Å². The Morgan fingerprint density at radius 3 is 1.23 bits per heavy atom. The van der Waals surface area contributed by atoms with Crippen LogP contribution in [-0.4, -0.2) is 37.2 Å². The summed E-state index contributed by atoms with van der Waals surface area (Å²) in [5, 5.41) is 0. The molecule has 6 heteroatoms. The molecule has 0 spiro atoms. The smallest absolute Gasteiger partial charge is 0.306 e. The minimum atomic E-state index is -0.842. The maximum Gasteiger partial charge on any atom is 0.306 e. The molecule has 0 N–H and O–H groups in total. The van der Waals surface area contributed by atoms with Crippen LogP contribution in [0, 0.1) is 0 Å². The van der Waals surface area contributed by atoms with E-state index in [1.54, 1.807) is 0 Å². The highest BCUT2D eigenvalue weighted by Gasteiger charge is 2.19. The Morgan fingerprint density at radius 1 is 0.344 bits per heavy atom. The van der Waals surface area contributed by atoms with Gasteiger partial charge in [-0.15, -0.1) is 0 Å². The van der Waals surface area contributed by atoms with Gasteiger partial charge in [0.05, 0.1) is 0 Å². The average Bonchev–Trinajstić information content (AvgIpc) is 3.29. The molecule has 0 saturated carbocycles. The molecule has 0 bridgehead atoms. The van der Waals surface area contributed by atoms with Crippen molar-refractivity contribution in [3.05, 3.63) is 146 Å². The molecule has 0 aliphatic carbocycles. The number of hydrogen-bond donors (Lipinski definition) is 0. The van der Waals surface area contributed by atoms with Gasteiger partial charge in [-0.25, -0.2) is 0 Å². The quantitative estimate of drug-likeness (QED) is 0.0200. The third kappa shape index (κ3) is 48.3. The van der Waals surface area contributed by atoms with Crippen LogP contribution in [0.25, 0.3) is 0 Å². The van der Waals surface area contributed by atoms with E-state index in [1.807, 2.05) is 66.8 Å². The van der Waals surface area contributed by atoms with E-state index in [4.69, 9.17) is 14.2 Å². The highest BCUT2D eigenvalue weighted by atomic mass is 16.6. The molecule has 1 atom stereocenters. The molecule has 0 saturated heterocycles. The van der Waals surface area contributed by atoms with Gasteiger partial charge in [0.2, 0.25) is 0 Å². The van der Waals surface area contributed by atoms with Crippen molar-refractivity contribution in [3.8, 4) is 0 Å². The van der Waals surface area contributed by atoms with Crippen LogP contribution < -0.4 is 0 Å². The molecule has 6 nitrogen and oxygen atoms in total. The van der Waals surface area contributed by atoms with Crippen molar-refractivity contribution in [1.29, 1.82) is 0 Å². The summed E-state index contributed by atoms with van der Waals surface area (Å²) < 4.78 is 16.6. The van der Waals surface area contributed by atoms with Gasteiger partial charge < -0.3 is 14.2 Å². The Bertz CT molecular complexity index is 1480. The predicted octanol–water partition coefficient (Wildman–Crippen LogP) is 16.5. The minimum Gasteiger partial charge on any atom is -0.462 e. The lowest BCUT2D eigenvalue weighted by Crippen LogP contribution is -2.30. The van der Waals surface area contributed by atoms with Crippen LogP contribution in [0.2, 0.25) is 0 Å². The summed E-state index contributed by atoms with van der Waals surface area (Å²) in [4.78, 5) is 37.9. The van der Waals surface area contributed by atoms with E-state index in [0.29, 0.717) is 19.3 Å². The zero-order valence-electron chi connectivity index (χ0n) is 40.5. The third-order valence-electron chi connectivity index (χ3n) is 9.73. The molecule has 1 unspecified atom stereocenters. The molecular weight excluding hydrogens is 793 g/mol. The number of ether oxygens (including phenoxy) is 3. The number of unbranched alkanes of at least 4 members (excludes halogenated alkanes) is 12. The molecule has 0 aliphatic heterocycles. The SMILES string of the molecule is CC/C=C/C=C/C=C/C=C/C=C/C=C/CCCCCC(=O)OCC(COC(=O)CC/C=C/C/C=C/CCCCCCCC)OC(=O)CCCCC/C=C/C/C=C/C/C=C/C/C=C/CC. The number of allylic oxidation sites excluding steroid dienone is 24. The monoisotopic (exact) mass is 881 g/mol. The van der Waals surface area contributed by atoms with E-state index in [1.165, 1.54) is 38.5 Å². The lowest BCUT2D eigenvalue weighted by atomic mass is 10.1. The molecule has 0 aromatic rings. The van der Waals surface area contributed by atoms with E-state index < -0.39 is 6.10 Å². The first-order chi connectivity index (χ1) is 31.5. The van der Waals surface area contributed by atoms with Crippen molar-refractivity contribution in [2.45, 2.75) is 187 Å². The number of esters is 3. The molecule has 0 heterocycles. The van der Waals surface area contributed by atoms with E-state index >= 15 is 0 Å². The highest BCUT2D eigenvalue weighted by Crippen LogP contribution is 2.11. The molecule has 0 amide bonds. The molecule has 0 radical (unpaired) electrons. The summed E-state index contributed by atoms with van der Waals surface area (Å²) in [6, 6.07) is 0. The Kier molecular flexibility index (Phi) is 47.2. The Hall–Kier alpha value is -4.71. The van der Waals surface area contributed by atoms with Gasteiger partial charge in [0, 0.05) is 19.3 Å². The van der Waals surface area contributed by atoms with Gasteiger partial charge in [-0.3, -0.25) is 14.4 Å². The lowest BCUT2D eigenvalue weighted by Gasteiger charge is -2.18. The van der Waals surface area contributed by atoms with Gasteiger partial charge in [-0.2, -0.15) is 0 Å². The first-order valence-corrected chi connectivity index (χ1v) is 24.9. The molecule has 356 valence electrons. The van der Waals surface area contributed by atoms with Crippen molar-refractivity contribution in [3.63, 3.8) is 0 Å². The van der Waals surface area contributed by atoms with Crippen LogP contribution in [0.1, 0.15) is 181 Å². The standard InChI is InChI=1S/C58H88O6/c1-4-7-10-13-16-19-22-25-27-29-31-33-36-39-42-45-48-51-57(60)63-54-55(53-62-56(59)50-47-44-41-38-35-32-24-21-18-15-12-9-6-3)64-58(61)52-49-46-43-40-37-34-30-28-26-23-20-17-14-11-8-5-2/h7-8,10-11,13,16-17,19-20,22,25-29,31-37,41,44,55H,4-6,9,12,14-15,18,21,23-24,30,38-40,42-43,45-54H2,1-3H3/b10-7+,11-8+,16-13+,20-17+,22-19+,27-25+,28-26+,31-29+,35-32+,36-33+,37-34+,44-41+. The topological polar surface area (TPSA) is 78.9 Å². The zero-order chi connectivity index (χ0) is 46.5. The average molecular weight is 881 g/mol. The van der Waals surface area contributed by atoms with Gasteiger partial charge in [0.1, 0.15) is 13.2 Å². The summed E-state index contributed by atoms with van der Waals surface area (Å²) in [6.45, 7) is 6.22. The number of carbonyl (C=O) groups excluding carboxylic acids is 3. The summed E-state index contributed by atoms with van der Waals surface area (Å²) in [6.07, 6.45) is 72.7. The molecule has 64 heavy (non-hydrogen) atoms. The summed E-state index contributed by atoms with van der Waals surface area (Å²) in [7, 11) is 0. The second-order valence-corrected chi connectivity index (χ2v) is 15.8. The lowest BCUT2D eigenvalue weighted by molar-refractivity contribution is -0.166. The van der Waals surface area contributed by atoms with Crippen LogP contribution >= 0.6 is 0 Å². The maximum atomic E-state index is 12.8. The van der Waals surface area contributed by atoms with E-state index in [9.17, 15) is 14.4 Å². The number of hydrogen-bond acceptors (Lipinski definition) is 6. The summed E-state index contributed by atoms with van der Waals surface area (Å²) in [5.41, 5.74) is 0. The fraction of sp³-hybridized carbons (Fsp3) is 0.534. The van der Waals surface area contributed by atoms with Crippen molar-refractivity contribution in [1.82, 2.24) is 0 Å². The first-order valence-electron chi connectivity index (χ1n) is 24.9. The van der Waals surface area contributed by atoms with Crippen LogP contribution in [0.4, 0.5) is 0 Å². The largest absolute Gasteiger partial charge is 0.462 e. The Balaban J connectivity index is 4.64. The number of carbonyl (C=O) groups is 3. The first kappa shape index (κ1) is 59.3. The third-order valence-corrected chi connectivity index (χ3v) is 9.73. The van der Waals surface area contributed by atoms with Gasteiger partial charge in [0.25, 0.3) is 0 Å². The second kappa shape index (κ2) is 50.9. The van der Waals surface area contributed by atoms with Crippen LogP contribution in [0.3, 0.4) is 0 Å². The normalized spacial score (nSPS) is 13.4. The molecule has 0 rings (SSSR count). The molecular formula is C58H88O6. The summed E-state index contributed by atoms with van der Waals surface area (Å²) >= 11 is 0. The van der Waals surface area contributed by atoms with E-state index in [-0.39, 0.29) is 50.4 Å². The van der Waals surface area contributed by atoms with Crippen molar-refractivity contribution in [2.24, 2.45) is 0 Å².